The van der Waals surface area contributed by atoms with Crippen LogP contribution in [0.5, 0.6) is 5.75 Å². The molecule has 2 aromatic rings. The molecule has 94 valence electrons. The molecule has 1 aromatic carbocycles. The molecule has 0 radical (unpaired) electrons. The van der Waals surface area contributed by atoms with Crippen LogP contribution in [0.2, 0.25) is 13.1 Å². The van der Waals surface area contributed by atoms with Crippen molar-refractivity contribution in [2.24, 2.45) is 4.99 Å². The molecule has 0 bridgehead atoms. The second-order valence-corrected chi connectivity index (χ2v) is 6.74. The maximum atomic E-state index is 5.86. The molecule has 0 fully saturated rings. The molecule has 0 saturated carbocycles. The van der Waals surface area contributed by atoms with Crippen LogP contribution in [0.3, 0.4) is 0 Å². The molecule has 0 spiro atoms. The summed E-state index contributed by atoms with van der Waals surface area (Å²) in [6, 6.07) is 9.76. The summed E-state index contributed by atoms with van der Waals surface area (Å²) in [5.41, 5.74) is 2.02. The molecule has 1 aromatic heterocycles. The van der Waals surface area contributed by atoms with Gasteiger partial charge in [0.1, 0.15) is 17.2 Å². The third-order valence-electron chi connectivity index (χ3n) is 2.35. The van der Waals surface area contributed by atoms with Crippen molar-refractivity contribution < 1.29 is 10.3 Å². The topological polar surface area (TPSA) is 34.7 Å². The van der Waals surface area contributed by atoms with Crippen LogP contribution in [0.25, 0.3) is 0 Å². The van der Waals surface area contributed by atoms with E-state index in [1.165, 1.54) is 5.56 Å². The lowest BCUT2D eigenvalue weighted by molar-refractivity contribution is 0.560. The first-order valence-electron chi connectivity index (χ1n) is 6.00. The summed E-state index contributed by atoms with van der Waals surface area (Å²) in [6.07, 6.45) is 3.35. The molecular weight excluding hydrogens is 242 g/mol. The predicted octanol–water partition coefficient (Wildman–Crippen LogP) is 3.81. The number of nitrogens with zero attached hydrogens (tertiary/aromatic N) is 1. The molecule has 1 heterocycles. The van der Waals surface area contributed by atoms with Gasteiger partial charge in [-0.15, -0.1) is 0 Å². The summed E-state index contributed by atoms with van der Waals surface area (Å²) in [5.74, 6) is 1.59. The lowest BCUT2D eigenvalue weighted by atomic mass is 10.2. The molecule has 0 saturated heterocycles. The van der Waals surface area contributed by atoms with Gasteiger partial charge in [0.15, 0.2) is 0 Å². The zero-order valence-corrected chi connectivity index (χ0v) is 12.0. The Balaban J connectivity index is 0.00000180. The first-order chi connectivity index (χ1) is 8.65. The molecule has 0 N–H and O–H groups in total. The monoisotopic (exact) mass is 260 g/mol. The molecule has 0 aliphatic heterocycles. The zero-order chi connectivity index (χ0) is 13.0. The Labute approximate surface area is 110 Å². The van der Waals surface area contributed by atoms with Crippen molar-refractivity contribution in [1.29, 1.82) is 0 Å². The van der Waals surface area contributed by atoms with Crippen LogP contribution in [0.15, 0.2) is 46.0 Å². The van der Waals surface area contributed by atoms with Gasteiger partial charge in [-0.25, -0.2) is 4.99 Å². The molecule has 2 rings (SSSR count). The van der Waals surface area contributed by atoms with Gasteiger partial charge in [-0.1, -0.05) is 6.07 Å². The van der Waals surface area contributed by atoms with Gasteiger partial charge in [-0.3, -0.25) is 0 Å². The van der Waals surface area contributed by atoms with E-state index in [0.717, 1.165) is 17.2 Å². The van der Waals surface area contributed by atoms with Crippen LogP contribution in [0.1, 0.15) is 12.8 Å². The first kappa shape index (κ1) is 12.6. The summed E-state index contributed by atoms with van der Waals surface area (Å²) in [6.45, 7) is 6.32. The Morgan fingerprint density at radius 3 is 2.83 bits per heavy atom. The molecule has 0 amide bonds. The van der Waals surface area contributed by atoms with Crippen molar-refractivity contribution in [2.45, 2.75) is 20.0 Å². The van der Waals surface area contributed by atoms with E-state index in [1.807, 2.05) is 37.3 Å². The number of aliphatic imine (C=N–C) groups is 1. The highest BCUT2D eigenvalue weighted by Crippen LogP contribution is 2.29. The van der Waals surface area contributed by atoms with E-state index >= 15 is 0 Å². The Hall–Kier alpha value is -1.81. The minimum atomic E-state index is -1.12. The van der Waals surface area contributed by atoms with Crippen LogP contribution >= 0.6 is 0 Å². The SMILES string of the molecule is Cc1ccc(O[SiH](C)C)c(N=Cc2ccco2)c1.[H+]. The highest BCUT2D eigenvalue weighted by molar-refractivity contribution is 6.49. The summed E-state index contributed by atoms with van der Waals surface area (Å²) in [7, 11) is -1.12. The second kappa shape index (κ2) is 5.69. The normalized spacial score (nSPS) is 11.3. The van der Waals surface area contributed by atoms with E-state index in [2.05, 4.69) is 18.1 Å². The fraction of sp³-hybridized carbons (Fsp3) is 0.214. The quantitative estimate of drug-likeness (QED) is 0.619. The average molecular weight is 260 g/mol. The van der Waals surface area contributed by atoms with E-state index in [4.69, 9.17) is 8.84 Å². The average Bonchev–Trinajstić information content (AvgIpc) is 2.82. The van der Waals surface area contributed by atoms with Gasteiger partial charge in [0.25, 0.3) is 0 Å². The number of furan rings is 1. The lowest BCUT2D eigenvalue weighted by Gasteiger charge is -2.12. The fourth-order valence-electron chi connectivity index (χ4n) is 1.58. The highest BCUT2D eigenvalue weighted by atomic mass is 28.3. The standard InChI is InChI=1S/C14H17NO2Si/c1-11-6-7-14(17-18(2)3)13(9-11)15-10-12-5-4-8-16-12/h4-10,18H,1-3H3/p+1. The molecule has 0 atom stereocenters. The molecule has 18 heavy (non-hydrogen) atoms. The number of aryl methyl sites for hydroxylation is 1. The zero-order valence-electron chi connectivity index (χ0n) is 11.9. The van der Waals surface area contributed by atoms with Gasteiger partial charge in [0, 0.05) is 0 Å². The summed E-state index contributed by atoms with van der Waals surface area (Å²) in [4.78, 5) is 4.44. The van der Waals surface area contributed by atoms with Gasteiger partial charge in [-0.05, 0) is 49.8 Å². The maximum Gasteiger partial charge on any atom is 1.00 e. The fourth-order valence-corrected chi connectivity index (χ4v) is 2.29. The Morgan fingerprint density at radius 1 is 1.33 bits per heavy atom. The predicted molar refractivity (Wildman–Crippen MR) is 77.8 cm³/mol. The largest absolute Gasteiger partial charge is 1.00 e. The molecule has 0 aliphatic rings. The summed E-state index contributed by atoms with van der Waals surface area (Å²) < 4.78 is 11.1. The van der Waals surface area contributed by atoms with Crippen molar-refractivity contribution in [1.82, 2.24) is 0 Å². The van der Waals surface area contributed by atoms with Crippen molar-refractivity contribution in [3.05, 3.63) is 47.9 Å². The summed E-state index contributed by atoms with van der Waals surface area (Å²) in [5, 5.41) is 0. The van der Waals surface area contributed by atoms with Crippen molar-refractivity contribution >= 4 is 20.9 Å². The molecular formula is C14H18NO2Si+. The van der Waals surface area contributed by atoms with E-state index in [9.17, 15) is 0 Å². The van der Waals surface area contributed by atoms with E-state index in [-0.39, 0.29) is 1.43 Å². The Morgan fingerprint density at radius 2 is 2.17 bits per heavy atom. The Bertz CT molecular complexity index is 538. The smallest absolute Gasteiger partial charge is 0.546 e. The van der Waals surface area contributed by atoms with Crippen LogP contribution in [-0.2, 0) is 0 Å². The van der Waals surface area contributed by atoms with Crippen molar-refractivity contribution in [2.75, 3.05) is 0 Å². The van der Waals surface area contributed by atoms with E-state index < -0.39 is 9.04 Å². The van der Waals surface area contributed by atoms with Gasteiger partial charge in [0.05, 0.1) is 12.5 Å². The lowest BCUT2D eigenvalue weighted by Crippen LogP contribution is -2.11. The van der Waals surface area contributed by atoms with Crippen LogP contribution in [0, 0.1) is 6.92 Å². The maximum absolute atomic E-state index is 5.86. The number of rotatable bonds is 4. The third kappa shape index (κ3) is 3.34. The van der Waals surface area contributed by atoms with Gasteiger partial charge < -0.3 is 8.84 Å². The van der Waals surface area contributed by atoms with E-state index in [0.29, 0.717) is 0 Å². The third-order valence-corrected chi connectivity index (χ3v) is 3.08. The molecule has 3 nitrogen and oxygen atoms in total. The van der Waals surface area contributed by atoms with Gasteiger partial charge in [-0.2, -0.15) is 0 Å². The number of benzene rings is 1. The second-order valence-electron chi connectivity index (χ2n) is 4.41. The van der Waals surface area contributed by atoms with Gasteiger partial charge in [0.2, 0.25) is 9.04 Å². The number of hydrogen-bond donors (Lipinski definition) is 0. The van der Waals surface area contributed by atoms with Crippen molar-refractivity contribution in [3.8, 4) is 5.75 Å². The molecule has 0 unspecified atom stereocenters. The minimum absolute atomic E-state index is 0. The summed E-state index contributed by atoms with van der Waals surface area (Å²) >= 11 is 0. The highest BCUT2D eigenvalue weighted by Gasteiger charge is 2.05. The van der Waals surface area contributed by atoms with Gasteiger partial charge >= 0.3 is 1.43 Å². The van der Waals surface area contributed by atoms with Crippen molar-refractivity contribution in [3.63, 3.8) is 0 Å². The van der Waals surface area contributed by atoms with Crippen LogP contribution in [-0.4, -0.2) is 15.3 Å². The molecule has 0 aliphatic carbocycles. The molecule has 4 heteroatoms. The number of hydrogen-bond acceptors (Lipinski definition) is 3. The van der Waals surface area contributed by atoms with Crippen LogP contribution in [0.4, 0.5) is 5.69 Å². The Kier molecular flexibility index (Phi) is 3.99. The van der Waals surface area contributed by atoms with E-state index in [1.54, 1.807) is 12.5 Å². The van der Waals surface area contributed by atoms with Crippen LogP contribution < -0.4 is 4.43 Å². The first-order valence-corrected chi connectivity index (χ1v) is 8.78. The minimum Gasteiger partial charge on any atom is -0.546 e.